The molecule has 0 spiro atoms. The molecule has 0 aliphatic carbocycles. The van der Waals surface area contributed by atoms with Crippen LogP contribution in [0.25, 0.3) is 11.3 Å². The van der Waals surface area contributed by atoms with Crippen LogP contribution in [0, 0.1) is 13.8 Å². The molecule has 1 heterocycles. The van der Waals surface area contributed by atoms with E-state index >= 15 is 0 Å². The van der Waals surface area contributed by atoms with E-state index in [1.165, 1.54) is 0 Å². The van der Waals surface area contributed by atoms with Crippen molar-refractivity contribution in [1.29, 1.82) is 0 Å². The largest absolute Gasteiger partial charge is 0.496 e. The first-order valence-corrected chi connectivity index (χ1v) is 5.68. The predicted octanol–water partition coefficient (Wildman–Crippen LogP) is 2.83. The summed E-state index contributed by atoms with van der Waals surface area (Å²) in [6.45, 7) is 7.62. The molecule has 2 aromatic rings. The number of nitrogens with two attached hydrogens (primary N) is 1. The van der Waals surface area contributed by atoms with Crippen LogP contribution in [0.5, 0.6) is 5.75 Å². The molecule has 0 aliphatic heterocycles. The average molecular weight is 243 g/mol. The van der Waals surface area contributed by atoms with Crippen molar-refractivity contribution in [3.63, 3.8) is 0 Å². The smallest absolute Gasteiger partial charge is 0.122 e. The summed E-state index contributed by atoms with van der Waals surface area (Å²) in [5.74, 6) is 0.840. The number of methoxy groups -OCH3 is 1. The number of aryl methyl sites for hydroxylation is 1. The standard InChI is InChI=1S/C14H17N3O/c1-9-5-6-12(18-4)10(2)13(9)14-11(15)7-8-17(14)16-3/h5-8H,3,15H2,1-2,4H3. The van der Waals surface area contributed by atoms with Crippen LogP contribution in [0.2, 0.25) is 0 Å². The van der Waals surface area contributed by atoms with Gasteiger partial charge in [0, 0.05) is 24.0 Å². The Hall–Kier alpha value is -2.23. The SMILES string of the molecule is C=Nn1ccc(N)c1-c1c(C)ccc(OC)c1C. The number of benzene rings is 1. The van der Waals surface area contributed by atoms with Crippen molar-refractivity contribution in [3.05, 3.63) is 35.5 Å². The normalized spacial score (nSPS) is 10.4. The Morgan fingerprint density at radius 2 is 2.00 bits per heavy atom. The zero-order valence-electron chi connectivity index (χ0n) is 10.9. The van der Waals surface area contributed by atoms with E-state index in [2.05, 4.69) is 11.8 Å². The molecule has 0 saturated carbocycles. The first-order valence-electron chi connectivity index (χ1n) is 5.68. The highest BCUT2D eigenvalue weighted by Gasteiger charge is 2.16. The van der Waals surface area contributed by atoms with Gasteiger partial charge in [-0.2, -0.15) is 5.10 Å². The summed E-state index contributed by atoms with van der Waals surface area (Å²) in [4.78, 5) is 0. The maximum Gasteiger partial charge on any atom is 0.122 e. The lowest BCUT2D eigenvalue weighted by Crippen LogP contribution is -1.99. The minimum absolute atomic E-state index is 0.682. The number of rotatable bonds is 3. The molecule has 0 amide bonds. The van der Waals surface area contributed by atoms with E-state index in [4.69, 9.17) is 10.5 Å². The lowest BCUT2D eigenvalue weighted by molar-refractivity contribution is 0.412. The van der Waals surface area contributed by atoms with E-state index in [1.54, 1.807) is 18.0 Å². The summed E-state index contributed by atoms with van der Waals surface area (Å²) < 4.78 is 7.04. The molecule has 1 aromatic carbocycles. The maximum absolute atomic E-state index is 6.03. The van der Waals surface area contributed by atoms with Gasteiger partial charge >= 0.3 is 0 Å². The molecule has 0 fully saturated rings. The molecule has 94 valence electrons. The number of hydrogen-bond acceptors (Lipinski definition) is 3. The molecule has 0 aliphatic rings. The molecule has 0 saturated heterocycles. The van der Waals surface area contributed by atoms with E-state index in [1.807, 2.05) is 32.0 Å². The van der Waals surface area contributed by atoms with E-state index in [0.29, 0.717) is 5.69 Å². The van der Waals surface area contributed by atoms with Gasteiger partial charge in [0.25, 0.3) is 0 Å². The summed E-state index contributed by atoms with van der Waals surface area (Å²) >= 11 is 0. The van der Waals surface area contributed by atoms with Crippen molar-refractivity contribution in [2.75, 3.05) is 12.8 Å². The maximum atomic E-state index is 6.03. The Morgan fingerprint density at radius 3 is 2.61 bits per heavy atom. The van der Waals surface area contributed by atoms with Crippen LogP contribution in [0.3, 0.4) is 0 Å². The van der Waals surface area contributed by atoms with Crippen LogP contribution >= 0.6 is 0 Å². The van der Waals surface area contributed by atoms with Gasteiger partial charge in [-0.05, 0) is 31.5 Å². The van der Waals surface area contributed by atoms with Crippen molar-refractivity contribution in [1.82, 2.24) is 4.68 Å². The molecule has 4 heteroatoms. The minimum Gasteiger partial charge on any atom is -0.496 e. The van der Waals surface area contributed by atoms with Gasteiger partial charge in [-0.3, -0.25) is 0 Å². The number of nitrogens with zero attached hydrogens (tertiary/aromatic N) is 2. The Kier molecular flexibility index (Phi) is 3.10. The molecule has 18 heavy (non-hydrogen) atoms. The molecular weight excluding hydrogens is 226 g/mol. The highest BCUT2D eigenvalue weighted by molar-refractivity contribution is 5.80. The number of hydrogen-bond donors (Lipinski definition) is 1. The van der Waals surface area contributed by atoms with Crippen molar-refractivity contribution >= 4 is 12.4 Å². The summed E-state index contributed by atoms with van der Waals surface area (Å²) in [5, 5.41) is 3.95. The van der Waals surface area contributed by atoms with Gasteiger partial charge in [0.2, 0.25) is 0 Å². The third-order valence-corrected chi connectivity index (χ3v) is 3.13. The molecule has 0 radical (unpaired) electrons. The second-order valence-corrected chi connectivity index (χ2v) is 4.19. The third-order valence-electron chi connectivity index (χ3n) is 3.13. The van der Waals surface area contributed by atoms with E-state index in [0.717, 1.165) is 28.1 Å². The van der Waals surface area contributed by atoms with Crippen molar-refractivity contribution < 1.29 is 4.74 Å². The minimum atomic E-state index is 0.682. The molecule has 0 bridgehead atoms. The first-order chi connectivity index (χ1) is 8.60. The van der Waals surface area contributed by atoms with Crippen LogP contribution in [-0.2, 0) is 0 Å². The number of anilines is 1. The van der Waals surface area contributed by atoms with E-state index in [9.17, 15) is 0 Å². The lowest BCUT2D eigenvalue weighted by Gasteiger charge is -2.15. The zero-order chi connectivity index (χ0) is 13.3. The average Bonchev–Trinajstić information content (AvgIpc) is 2.71. The first kappa shape index (κ1) is 12.2. The van der Waals surface area contributed by atoms with Crippen LogP contribution in [-0.4, -0.2) is 18.5 Å². The molecule has 1 aromatic heterocycles. The second-order valence-electron chi connectivity index (χ2n) is 4.19. The quantitative estimate of drug-likeness (QED) is 0.843. The van der Waals surface area contributed by atoms with Gasteiger partial charge in [0.15, 0.2) is 0 Å². The van der Waals surface area contributed by atoms with Crippen LogP contribution in [0.15, 0.2) is 29.5 Å². The van der Waals surface area contributed by atoms with E-state index in [-0.39, 0.29) is 0 Å². The van der Waals surface area contributed by atoms with Crippen LogP contribution in [0.1, 0.15) is 11.1 Å². The summed E-state index contributed by atoms with van der Waals surface area (Å²) in [6.07, 6.45) is 1.80. The zero-order valence-corrected chi connectivity index (χ0v) is 10.9. The molecule has 4 nitrogen and oxygen atoms in total. The van der Waals surface area contributed by atoms with Gasteiger partial charge in [0.1, 0.15) is 5.75 Å². The second kappa shape index (κ2) is 4.56. The molecular formula is C14H17N3O. The fourth-order valence-corrected chi connectivity index (χ4v) is 2.23. The highest BCUT2D eigenvalue weighted by atomic mass is 16.5. The Balaban J connectivity index is 2.77. The van der Waals surface area contributed by atoms with Gasteiger partial charge < -0.3 is 10.5 Å². The predicted molar refractivity (Wildman–Crippen MR) is 75.3 cm³/mol. The summed E-state index contributed by atoms with van der Waals surface area (Å²) in [5.41, 5.74) is 10.8. The van der Waals surface area contributed by atoms with Crippen molar-refractivity contribution in [3.8, 4) is 17.0 Å². The molecule has 2 rings (SSSR count). The van der Waals surface area contributed by atoms with Crippen molar-refractivity contribution in [2.45, 2.75) is 13.8 Å². The Bertz CT molecular complexity index is 599. The highest BCUT2D eigenvalue weighted by Crippen LogP contribution is 2.36. The monoisotopic (exact) mass is 243 g/mol. The molecule has 2 N–H and O–H groups in total. The van der Waals surface area contributed by atoms with Gasteiger partial charge in [-0.1, -0.05) is 6.07 Å². The number of nitrogen functional groups attached to an aromatic ring is 1. The van der Waals surface area contributed by atoms with Gasteiger partial charge in [-0.25, -0.2) is 4.68 Å². The van der Waals surface area contributed by atoms with E-state index < -0.39 is 0 Å². The van der Waals surface area contributed by atoms with Gasteiger partial charge in [-0.15, -0.1) is 0 Å². The molecule has 0 atom stereocenters. The van der Waals surface area contributed by atoms with Gasteiger partial charge in [0.05, 0.1) is 18.5 Å². The third kappa shape index (κ3) is 1.76. The lowest BCUT2D eigenvalue weighted by atomic mass is 9.98. The number of ether oxygens (including phenoxy) is 1. The topological polar surface area (TPSA) is 52.5 Å². The van der Waals surface area contributed by atoms with Crippen LogP contribution in [0.4, 0.5) is 5.69 Å². The summed E-state index contributed by atoms with van der Waals surface area (Å²) in [7, 11) is 1.66. The van der Waals surface area contributed by atoms with Crippen molar-refractivity contribution in [2.24, 2.45) is 5.10 Å². The fourth-order valence-electron chi connectivity index (χ4n) is 2.23. The molecule has 0 unspecified atom stereocenters. The Labute approximate surface area is 107 Å². The fraction of sp³-hybridized carbons (Fsp3) is 0.214. The van der Waals surface area contributed by atoms with Crippen LogP contribution < -0.4 is 10.5 Å². The summed E-state index contributed by atoms with van der Waals surface area (Å²) in [6, 6.07) is 5.79. The Morgan fingerprint density at radius 1 is 1.28 bits per heavy atom. The number of aromatic nitrogens is 1.